The Labute approximate surface area is 94.9 Å². The monoisotopic (exact) mass is 219 g/mol. The number of aryl methyl sites for hydroxylation is 2. The van der Waals surface area contributed by atoms with E-state index >= 15 is 0 Å². The van der Waals surface area contributed by atoms with Crippen molar-refractivity contribution in [2.75, 3.05) is 5.73 Å². The molecule has 0 aromatic carbocycles. The topological polar surface area (TPSA) is 61.7 Å². The van der Waals surface area contributed by atoms with Crippen LogP contribution < -0.4 is 5.73 Å². The van der Waals surface area contributed by atoms with Crippen LogP contribution in [-0.4, -0.2) is 19.6 Å². The van der Waals surface area contributed by atoms with Gasteiger partial charge in [-0.05, 0) is 25.5 Å². The summed E-state index contributed by atoms with van der Waals surface area (Å²) >= 11 is 0. The number of hydrogen-bond donors (Lipinski definition) is 1. The van der Waals surface area contributed by atoms with Crippen molar-refractivity contribution < 1.29 is 0 Å². The molecule has 2 heterocycles. The summed E-state index contributed by atoms with van der Waals surface area (Å²) in [5.74, 6) is 0.554. The summed E-state index contributed by atoms with van der Waals surface area (Å²) in [6, 6.07) is 3.93. The highest BCUT2D eigenvalue weighted by Gasteiger charge is 2.06. The van der Waals surface area contributed by atoms with Crippen molar-refractivity contribution in [3.63, 3.8) is 0 Å². The normalized spacial score (nSPS) is 10.9. The van der Waals surface area contributed by atoms with Crippen molar-refractivity contribution in [2.24, 2.45) is 0 Å². The number of rotatable bonds is 4. The minimum atomic E-state index is 0.554. The third-order valence-electron chi connectivity index (χ3n) is 2.56. The Morgan fingerprint density at radius 3 is 2.69 bits per heavy atom. The van der Waals surface area contributed by atoms with E-state index in [-0.39, 0.29) is 0 Å². The van der Waals surface area contributed by atoms with Gasteiger partial charge >= 0.3 is 0 Å². The van der Waals surface area contributed by atoms with Crippen LogP contribution in [0.3, 0.4) is 0 Å². The first-order valence-corrected chi connectivity index (χ1v) is 5.57. The van der Waals surface area contributed by atoms with Gasteiger partial charge in [0.15, 0.2) is 0 Å². The highest BCUT2D eigenvalue weighted by molar-refractivity contribution is 5.24. The summed E-state index contributed by atoms with van der Waals surface area (Å²) in [5.41, 5.74) is 7.87. The van der Waals surface area contributed by atoms with Crippen LogP contribution in [0.5, 0.6) is 0 Å². The van der Waals surface area contributed by atoms with Crippen molar-refractivity contribution in [3.05, 3.63) is 29.7 Å². The summed E-state index contributed by atoms with van der Waals surface area (Å²) in [5, 5.41) is 8.66. The second kappa shape index (κ2) is 4.38. The zero-order valence-corrected chi connectivity index (χ0v) is 9.72. The van der Waals surface area contributed by atoms with E-state index in [0.29, 0.717) is 5.82 Å². The highest BCUT2D eigenvalue weighted by atomic mass is 15.3. The van der Waals surface area contributed by atoms with Crippen molar-refractivity contribution in [3.8, 4) is 0 Å². The minimum Gasteiger partial charge on any atom is -0.382 e. The average molecular weight is 219 g/mol. The second-order valence-electron chi connectivity index (χ2n) is 3.73. The molecule has 2 aromatic heterocycles. The molecule has 0 atom stereocenters. The summed E-state index contributed by atoms with van der Waals surface area (Å²) in [6.07, 6.45) is 2.84. The predicted molar refractivity (Wildman–Crippen MR) is 63.0 cm³/mol. The zero-order valence-electron chi connectivity index (χ0n) is 9.72. The van der Waals surface area contributed by atoms with E-state index in [1.807, 2.05) is 15.6 Å². The van der Waals surface area contributed by atoms with E-state index in [2.05, 4.69) is 30.1 Å². The Hall–Kier alpha value is -1.78. The van der Waals surface area contributed by atoms with E-state index in [0.717, 1.165) is 25.2 Å². The molecule has 86 valence electrons. The van der Waals surface area contributed by atoms with Gasteiger partial charge in [0.25, 0.3) is 0 Å². The van der Waals surface area contributed by atoms with Gasteiger partial charge in [-0.15, -0.1) is 0 Å². The summed E-state index contributed by atoms with van der Waals surface area (Å²) in [4.78, 5) is 0. The first-order valence-electron chi connectivity index (χ1n) is 5.57. The maximum Gasteiger partial charge on any atom is 0.145 e. The number of anilines is 1. The molecule has 0 aliphatic heterocycles. The molecule has 5 nitrogen and oxygen atoms in total. The SMILES string of the molecule is CCc1cc(Cn2ccc(N)n2)n(CC)n1. The molecule has 16 heavy (non-hydrogen) atoms. The Bertz CT molecular complexity index is 468. The molecule has 0 spiro atoms. The zero-order chi connectivity index (χ0) is 11.5. The predicted octanol–water partition coefficient (Wildman–Crippen LogP) is 1.29. The van der Waals surface area contributed by atoms with Crippen LogP contribution in [0.25, 0.3) is 0 Å². The molecule has 5 heteroatoms. The fraction of sp³-hybridized carbons (Fsp3) is 0.455. The molecule has 0 unspecified atom stereocenters. The minimum absolute atomic E-state index is 0.554. The first kappa shape index (κ1) is 10.7. The van der Waals surface area contributed by atoms with Gasteiger partial charge in [0.05, 0.1) is 17.9 Å². The molecule has 0 saturated carbocycles. The van der Waals surface area contributed by atoms with Gasteiger partial charge in [0, 0.05) is 12.7 Å². The lowest BCUT2D eigenvalue weighted by atomic mass is 10.3. The number of aromatic nitrogens is 4. The number of nitrogen functional groups attached to an aromatic ring is 1. The van der Waals surface area contributed by atoms with Crippen molar-refractivity contribution in [2.45, 2.75) is 33.4 Å². The molecule has 2 rings (SSSR count). The van der Waals surface area contributed by atoms with Crippen molar-refractivity contribution in [1.82, 2.24) is 19.6 Å². The highest BCUT2D eigenvalue weighted by Crippen LogP contribution is 2.08. The lowest BCUT2D eigenvalue weighted by Gasteiger charge is -2.04. The average Bonchev–Trinajstić information content (AvgIpc) is 2.85. The van der Waals surface area contributed by atoms with Crippen LogP contribution in [-0.2, 0) is 19.5 Å². The largest absolute Gasteiger partial charge is 0.382 e. The smallest absolute Gasteiger partial charge is 0.145 e. The number of hydrogen-bond acceptors (Lipinski definition) is 3. The molecule has 0 aliphatic rings. The van der Waals surface area contributed by atoms with E-state index in [1.165, 1.54) is 5.69 Å². The van der Waals surface area contributed by atoms with E-state index in [1.54, 1.807) is 6.07 Å². The quantitative estimate of drug-likeness (QED) is 0.843. The Morgan fingerprint density at radius 1 is 1.31 bits per heavy atom. The molecule has 0 bridgehead atoms. The van der Waals surface area contributed by atoms with E-state index < -0.39 is 0 Å². The molecule has 0 fully saturated rings. The van der Waals surface area contributed by atoms with Crippen LogP contribution in [0.2, 0.25) is 0 Å². The van der Waals surface area contributed by atoms with Gasteiger partial charge in [0.1, 0.15) is 5.82 Å². The van der Waals surface area contributed by atoms with Crippen LogP contribution in [0.15, 0.2) is 18.3 Å². The maximum absolute atomic E-state index is 5.58. The van der Waals surface area contributed by atoms with Crippen LogP contribution in [0, 0.1) is 0 Å². The molecule has 0 amide bonds. The molecule has 0 saturated heterocycles. The standard InChI is InChI=1S/C11H17N5/c1-3-9-7-10(16(4-2)13-9)8-15-6-5-11(12)14-15/h5-7H,3-4,8H2,1-2H3,(H2,12,14). The molecule has 0 aliphatic carbocycles. The maximum atomic E-state index is 5.58. The lowest BCUT2D eigenvalue weighted by Crippen LogP contribution is -2.08. The summed E-state index contributed by atoms with van der Waals surface area (Å²) < 4.78 is 3.84. The Balaban J connectivity index is 2.22. The number of nitrogens with zero attached hydrogens (tertiary/aromatic N) is 4. The van der Waals surface area contributed by atoms with Gasteiger partial charge in [-0.25, -0.2) is 0 Å². The number of nitrogens with two attached hydrogens (primary N) is 1. The summed E-state index contributed by atoms with van der Waals surface area (Å²) in [6.45, 7) is 5.80. The molecular weight excluding hydrogens is 202 g/mol. The van der Waals surface area contributed by atoms with Gasteiger partial charge in [-0.3, -0.25) is 9.36 Å². The van der Waals surface area contributed by atoms with Gasteiger partial charge in [-0.2, -0.15) is 10.2 Å². The second-order valence-corrected chi connectivity index (χ2v) is 3.73. The van der Waals surface area contributed by atoms with Crippen molar-refractivity contribution >= 4 is 5.82 Å². The molecule has 0 radical (unpaired) electrons. The molecule has 2 N–H and O–H groups in total. The fourth-order valence-corrected chi connectivity index (χ4v) is 1.72. The van der Waals surface area contributed by atoms with Crippen LogP contribution in [0.1, 0.15) is 25.2 Å². The van der Waals surface area contributed by atoms with Crippen molar-refractivity contribution in [1.29, 1.82) is 0 Å². The molecule has 2 aromatic rings. The van der Waals surface area contributed by atoms with E-state index in [4.69, 9.17) is 5.73 Å². The molecular formula is C11H17N5. The van der Waals surface area contributed by atoms with Gasteiger partial charge < -0.3 is 5.73 Å². The lowest BCUT2D eigenvalue weighted by molar-refractivity contribution is 0.574. The first-order chi connectivity index (χ1) is 7.72. The Morgan fingerprint density at radius 2 is 2.12 bits per heavy atom. The van der Waals surface area contributed by atoms with E-state index in [9.17, 15) is 0 Å². The van der Waals surface area contributed by atoms with Crippen LogP contribution >= 0.6 is 0 Å². The Kier molecular flexibility index (Phi) is 2.94. The van der Waals surface area contributed by atoms with Gasteiger partial charge in [0.2, 0.25) is 0 Å². The fourth-order valence-electron chi connectivity index (χ4n) is 1.72. The third kappa shape index (κ3) is 2.08. The summed E-state index contributed by atoms with van der Waals surface area (Å²) in [7, 11) is 0. The third-order valence-corrected chi connectivity index (χ3v) is 2.56. The van der Waals surface area contributed by atoms with Gasteiger partial charge in [-0.1, -0.05) is 6.92 Å². The van der Waals surface area contributed by atoms with Crippen LogP contribution in [0.4, 0.5) is 5.82 Å².